The number of rotatable bonds is 73. The highest BCUT2D eigenvalue weighted by molar-refractivity contribution is 7.47. The standard InChI is InChI=1S/C74H144O17P2/c1-7-11-13-15-17-19-21-22-23-27-30-34-38-45-51-57-72(77)84-62-69(90-73(78)58-52-46-39-35-31-28-25-24-26-29-32-36-42-48-54-66(5)9-3)64-88-92(80,81)86-60-68(75)61-87-93(82,83)89-65-70(91-74(79)59-53-47-41-40-43-49-55-67(6)10-4)63-85-71(76)56-50-44-37-33-20-18-16-14-12-8-2/h66-70,75H,7-65H2,1-6H3,(H,80,81)(H,82,83)/t66?,67?,68-,69-,70-/m1/s1. The van der Waals surface area contributed by atoms with Gasteiger partial charge in [-0.3, -0.25) is 37.3 Å². The predicted molar refractivity (Wildman–Crippen MR) is 377 cm³/mol. The molecule has 3 N–H and O–H groups in total. The molecule has 0 aromatic heterocycles. The van der Waals surface area contributed by atoms with E-state index in [2.05, 4.69) is 41.5 Å². The molecule has 7 atom stereocenters. The van der Waals surface area contributed by atoms with Crippen molar-refractivity contribution >= 4 is 39.5 Å². The summed E-state index contributed by atoms with van der Waals surface area (Å²) in [6.45, 7) is 9.58. The minimum absolute atomic E-state index is 0.103. The first-order chi connectivity index (χ1) is 44.9. The Morgan fingerprint density at radius 3 is 0.763 bits per heavy atom. The Kier molecular flexibility index (Phi) is 64.6. The van der Waals surface area contributed by atoms with E-state index in [-0.39, 0.29) is 25.7 Å². The van der Waals surface area contributed by atoms with Crippen LogP contribution in [0.15, 0.2) is 0 Å². The van der Waals surface area contributed by atoms with Gasteiger partial charge in [-0.15, -0.1) is 0 Å². The fraction of sp³-hybridized carbons (Fsp3) is 0.946. The monoisotopic (exact) mass is 1370 g/mol. The van der Waals surface area contributed by atoms with Gasteiger partial charge in [0, 0.05) is 25.7 Å². The molecule has 0 rings (SSSR count). The first kappa shape index (κ1) is 91.1. The van der Waals surface area contributed by atoms with Crippen LogP contribution in [0.3, 0.4) is 0 Å². The molecule has 0 radical (unpaired) electrons. The van der Waals surface area contributed by atoms with Gasteiger partial charge >= 0.3 is 39.5 Å². The second-order valence-corrected chi connectivity index (χ2v) is 30.1. The summed E-state index contributed by atoms with van der Waals surface area (Å²) in [5, 5.41) is 10.6. The second kappa shape index (κ2) is 66.0. The molecular formula is C74H144O17P2. The third-order valence-electron chi connectivity index (χ3n) is 17.9. The highest BCUT2D eigenvalue weighted by atomic mass is 31.2. The van der Waals surface area contributed by atoms with Crippen LogP contribution in [0.2, 0.25) is 0 Å². The van der Waals surface area contributed by atoms with Crippen molar-refractivity contribution in [1.29, 1.82) is 0 Å². The number of hydrogen-bond donors (Lipinski definition) is 3. The summed E-state index contributed by atoms with van der Waals surface area (Å²) < 4.78 is 68.4. The molecule has 0 aliphatic carbocycles. The lowest BCUT2D eigenvalue weighted by atomic mass is 9.99. The number of phosphoric acid groups is 2. The molecule has 0 aromatic rings. The van der Waals surface area contributed by atoms with Crippen molar-refractivity contribution in [3.8, 4) is 0 Å². The zero-order valence-corrected chi connectivity index (χ0v) is 62.3. The number of ether oxygens (including phenoxy) is 4. The van der Waals surface area contributed by atoms with Crippen molar-refractivity contribution < 1.29 is 80.2 Å². The molecule has 19 heteroatoms. The first-order valence-corrected chi connectivity index (χ1v) is 41.6. The summed E-state index contributed by atoms with van der Waals surface area (Å²) in [4.78, 5) is 72.7. The van der Waals surface area contributed by atoms with Gasteiger partial charge in [-0.05, 0) is 37.5 Å². The molecule has 0 aliphatic heterocycles. The maximum absolute atomic E-state index is 13.1. The summed E-state index contributed by atoms with van der Waals surface area (Å²) in [6, 6.07) is 0. The van der Waals surface area contributed by atoms with Crippen LogP contribution in [0.5, 0.6) is 0 Å². The molecule has 0 heterocycles. The van der Waals surface area contributed by atoms with Crippen molar-refractivity contribution in [3.05, 3.63) is 0 Å². The van der Waals surface area contributed by atoms with Crippen LogP contribution >= 0.6 is 15.6 Å². The zero-order chi connectivity index (χ0) is 68.6. The lowest BCUT2D eigenvalue weighted by molar-refractivity contribution is -0.161. The van der Waals surface area contributed by atoms with Gasteiger partial charge < -0.3 is 33.8 Å². The molecule has 0 aromatic carbocycles. The molecule has 0 amide bonds. The number of esters is 4. The quantitative estimate of drug-likeness (QED) is 0.0222. The number of carbonyl (C=O) groups is 4. The van der Waals surface area contributed by atoms with Gasteiger partial charge in [0.15, 0.2) is 12.2 Å². The fourth-order valence-corrected chi connectivity index (χ4v) is 12.8. The molecule has 4 unspecified atom stereocenters. The smallest absolute Gasteiger partial charge is 0.462 e. The maximum Gasteiger partial charge on any atom is 0.472 e. The summed E-state index contributed by atoms with van der Waals surface area (Å²) in [7, 11) is -9.91. The van der Waals surface area contributed by atoms with E-state index in [9.17, 15) is 43.2 Å². The maximum atomic E-state index is 13.1. The van der Waals surface area contributed by atoms with Gasteiger partial charge in [-0.1, -0.05) is 330 Å². The van der Waals surface area contributed by atoms with E-state index >= 15 is 0 Å². The third kappa shape index (κ3) is 65.8. The average Bonchev–Trinajstić information content (AvgIpc) is 1.92. The molecule has 552 valence electrons. The van der Waals surface area contributed by atoms with Crippen LogP contribution in [0, 0.1) is 11.8 Å². The summed E-state index contributed by atoms with van der Waals surface area (Å²) in [5.41, 5.74) is 0. The molecular weight excluding hydrogens is 1220 g/mol. The van der Waals surface area contributed by atoms with Gasteiger partial charge in [-0.25, -0.2) is 9.13 Å². The van der Waals surface area contributed by atoms with Crippen molar-refractivity contribution in [2.24, 2.45) is 11.8 Å². The highest BCUT2D eigenvalue weighted by Crippen LogP contribution is 2.45. The second-order valence-electron chi connectivity index (χ2n) is 27.2. The van der Waals surface area contributed by atoms with Gasteiger partial charge in [0.25, 0.3) is 0 Å². The predicted octanol–water partition coefficient (Wildman–Crippen LogP) is 21.6. The minimum Gasteiger partial charge on any atom is -0.462 e. The van der Waals surface area contributed by atoms with Gasteiger partial charge in [0.05, 0.1) is 26.4 Å². The Hall–Kier alpha value is -1.94. The van der Waals surface area contributed by atoms with E-state index < -0.39 is 97.5 Å². The molecule has 93 heavy (non-hydrogen) atoms. The number of hydrogen-bond acceptors (Lipinski definition) is 15. The summed E-state index contributed by atoms with van der Waals surface area (Å²) in [6.07, 6.45) is 52.6. The van der Waals surface area contributed by atoms with Crippen LogP contribution in [0.1, 0.15) is 382 Å². The Labute approximate surface area is 568 Å². The molecule has 0 spiro atoms. The topological polar surface area (TPSA) is 237 Å². The molecule has 0 bridgehead atoms. The van der Waals surface area contributed by atoms with E-state index in [0.717, 1.165) is 102 Å². The Morgan fingerprint density at radius 1 is 0.301 bits per heavy atom. The van der Waals surface area contributed by atoms with E-state index in [0.29, 0.717) is 25.7 Å². The van der Waals surface area contributed by atoms with Crippen molar-refractivity contribution in [3.63, 3.8) is 0 Å². The third-order valence-corrected chi connectivity index (χ3v) is 19.8. The van der Waals surface area contributed by atoms with Crippen molar-refractivity contribution in [1.82, 2.24) is 0 Å². The van der Waals surface area contributed by atoms with Crippen LogP contribution in [-0.4, -0.2) is 96.7 Å². The molecule has 0 fully saturated rings. The molecule has 17 nitrogen and oxygen atoms in total. The van der Waals surface area contributed by atoms with Crippen LogP contribution in [-0.2, 0) is 65.4 Å². The Bertz CT molecular complexity index is 1810. The molecule has 0 saturated carbocycles. The average molecular weight is 1370 g/mol. The normalized spacial score (nSPS) is 14.6. The van der Waals surface area contributed by atoms with Crippen LogP contribution in [0.25, 0.3) is 0 Å². The minimum atomic E-state index is -4.96. The summed E-state index contributed by atoms with van der Waals surface area (Å²) in [5.74, 6) is -0.554. The number of phosphoric ester groups is 2. The van der Waals surface area contributed by atoms with E-state index in [4.69, 9.17) is 37.0 Å². The zero-order valence-electron chi connectivity index (χ0n) is 60.6. The summed E-state index contributed by atoms with van der Waals surface area (Å²) >= 11 is 0. The van der Waals surface area contributed by atoms with Crippen LogP contribution in [0.4, 0.5) is 0 Å². The number of aliphatic hydroxyl groups excluding tert-OH is 1. The lowest BCUT2D eigenvalue weighted by Crippen LogP contribution is -2.30. The molecule has 0 aliphatic rings. The number of aliphatic hydroxyl groups is 1. The Morgan fingerprint density at radius 2 is 0.516 bits per heavy atom. The number of carbonyl (C=O) groups excluding carboxylic acids is 4. The first-order valence-electron chi connectivity index (χ1n) is 38.6. The lowest BCUT2D eigenvalue weighted by Gasteiger charge is -2.21. The largest absolute Gasteiger partial charge is 0.472 e. The van der Waals surface area contributed by atoms with Crippen molar-refractivity contribution in [2.75, 3.05) is 39.6 Å². The van der Waals surface area contributed by atoms with Crippen molar-refractivity contribution in [2.45, 2.75) is 400 Å². The van der Waals surface area contributed by atoms with Crippen LogP contribution < -0.4 is 0 Å². The van der Waals surface area contributed by atoms with Gasteiger partial charge in [0.1, 0.15) is 19.3 Å². The number of unbranched alkanes of at least 4 members (excludes halogenated alkanes) is 41. The SMILES string of the molecule is CCCCCCCCCCCCCCCCCC(=O)OC[C@H](COP(=O)(O)OC[C@@H](O)COP(=O)(O)OC[C@@H](COC(=O)CCCCCCCCCCCC)OC(=O)CCCCCCCCC(C)CC)OC(=O)CCCCCCCCCCCCCCCCC(C)CC. The van der Waals surface area contributed by atoms with E-state index in [1.54, 1.807) is 0 Å². The van der Waals surface area contributed by atoms with Gasteiger partial charge in [-0.2, -0.15) is 0 Å². The molecule has 0 saturated heterocycles. The van der Waals surface area contributed by atoms with E-state index in [1.165, 1.54) is 199 Å². The highest BCUT2D eigenvalue weighted by Gasteiger charge is 2.30. The Balaban J connectivity index is 5.23. The van der Waals surface area contributed by atoms with E-state index in [1.807, 2.05) is 0 Å². The van der Waals surface area contributed by atoms with Gasteiger partial charge in [0.2, 0.25) is 0 Å². The fourth-order valence-electron chi connectivity index (χ4n) is 11.2.